The van der Waals surface area contributed by atoms with Crippen molar-refractivity contribution in [3.05, 3.63) is 65.0 Å². The highest BCUT2D eigenvalue weighted by atomic mass is 16.1. The molecule has 0 unspecified atom stereocenters. The third kappa shape index (κ3) is 1.97. The Balaban J connectivity index is 2.03. The van der Waals surface area contributed by atoms with Gasteiger partial charge in [0.2, 0.25) is 0 Å². The molecule has 1 aromatic carbocycles. The van der Waals surface area contributed by atoms with Gasteiger partial charge in [0, 0.05) is 6.20 Å². The standard InChI is InChI=1S/C16H16N4O/c21-16-19-11-5-9-14(19)18-15(13-8-4-10-17-13)20(16)12-6-2-1-3-7-12/h1-3,5-7,9,11,13,17H,4,8,10H2/t13-/m0/s1. The third-order valence-electron chi connectivity index (χ3n) is 3.97. The van der Waals surface area contributed by atoms with Crippen LogP contribution in [0.5, 0.6) is 0 Å². The molecule has 3 aromatic rings. The van der Waals surface area contributed by atoms with Crippen molar-refractivity contribution in [2.45, 2.75) is 18.9 Å². The zero-order chi connectivity index (χ0) is 14.2. The van der Waals surface area contributed by atoms with Gasteiger partial charge in [0.1, 0.15) is 11.5 Å². The van der Waals surface area contributed by atoms with E-state index in [1.54, 1.807) is 15.2 Å². The molecule has 1 atom stereocenters. The molecule has 3 heterocycles. The van der Waals surface area contributed by atoms with Crippen molar-refractivity contribution in [3.63, 3.8) is 0 Å². The fourth-order valence-electron chi connectivity index (χ4n) is 2.96. The Hall–Kier alpha value is -2.40. The minimum absolute atomic E-state index is 0.0695. The molecular formula is C16H16N4O. The minimum atomic E-state index is -0.0695. The lowest BCUT2D eigenvalue weighted by Crippen LogP contribution is -2.32. The molecule has 1 aliphatic heterocycles. The molecule has 0 spiro atoms. The Bertz CT molecular complexity index is 828. The molecule has 1 N–H and O–H groups in total. The molecule has 0 saturated carbocycles. The Morgan fingerprint density at radius 1 is 1.14 bits per heavy atom. The topological polar surface area (TPSA) is 51.3 Å². The van der Waals surface area contributed by atoms with Crippen LogP contribution in [0.15, 0.2) is 53.5 Å². The molecule has 106 valence electrons. The van der Waals surface area contributed by atoms with Gasteiger partial charge in [-0.1, -0.05) is 18.2 Å². The second-order valence-electron chi connectivity index (χ2n) is 5.31. The van der Waals surface area contributed by atoms with Crippen molar-refractivity contribution in [3.8, 4) is 5.69 Å². The van der Waals surface area contributed by atoms with E-state index in [1.165, 1.54) is 0 Å². The number of rotatable bonds is 2. The summed E-state index contributed by atoms with van der Waals surface area (Å²) in [4.78, 5) is 17.5. The van der Waals surface area contributed by atoms with Crippen LogP contribution in [0, 0.1) is 0 Å². The first-order chi connectivity index (χ1) is 10.3. The van der Waals surface area contributed by atoms with E-state index in [2.05, 4.69) is 5.32 Å². The molecule has 4 rings (SSSR count). The molecule has 0 radical (unpaired) electrons. The van der Waals surface area contributed by atoms with E-state index in [0.29, 0.717) is 5.65 Å². The quantitative estimate of drug-likeness (QED) is 0.780. The van der Waals surface area contributed by atoms with E-state index in [0.717, 1.165) is 30.9 Å². The Labute approximate surface area is 121 Å². The number of hydrogen-bond acceptors (Lipinski definition) is 3. The van der Waals surface area contributed by atoms with Gasteiger partial charge in [-0.05, 0) is 43.7 Å². The van der Waals surface area contributed by atoms with Crippen LogP contribution in [0.2, 0.25) is 0 Å². The van der Waals surface area contributed by atoms with Crippen LogP contribution in [-0.4, -0.2) is 20.5 Å². The molecule has 0 bridgehead atoms. The van der Waals surface area contributed by atoms with Crippen molar-refractivity contribution < 1.29 is 0 Å². The fraction of sp³-hybridized carbons (Fsp3) is 0.250. The SMILES string of the molecule is O=c1n(-c2ccccc2)c([C@@H]2CCCN2)nc2cccn12. The van der Waals surface area contributed by atoms with Crippen molar-refractivity contribution in [2.24, 2.45) is 0 Å². The lowest BCUT2D eigenvalue weighted by atomic mass is 10.2. The molecule has 1 fully saturated rings. The summed E-state index contributed by atoms with van der Waals surface area (Å²) in [6, 6.07) is 13.6. The highest BCUT2D eigenvalue weighted by Crippen LogP contribution is 2.23. The highest BCUT2D eigenvalue weighted by molar-refractivity contribution is 5.41. The molecule has 1 aliphatic rings. The van der Waals surface area contributed by atoms with Crippen LogP contribution in [0.3, 0.4) is 0 Å². The van der Waals surface area contributed by atoms with Crippen LogP contribution in [-0.2, 0) is 0 Å². The predicted molar refractivity (Wildman–Crippen MR) is 80.8 cm³/mol. The first-order valence-corrected chi connectivity index (χ1v) is 7.23. The fourth-order valence-corrected chi connectivity index (χ4v) is 2.96. The lowest BCUT2D eigenvalue weighted by Gasteiger charge is -2.17. The molecule has 0 amide bonds. The summed E-state index contributed by atoms with van der Waals surface area (Å²) in [6.07, 6.45) is 3.88. The van der Waals surface area contributed by atoms with Gasteiger partial charge in [0.25, 0.3) is 0 Å². The van der Waals surface area contributed by atoms with Crippen LogP contribution < -0.4 is 11.0 Å². The molecule has 5 heteroatoms. The Morgan fingerprint density at radius 3 is 2.76 bits per heavy atom. The van der Waals surface area contributed by atoms with E-state index in [-0.39, 0.29) is 11.7 Å². The van der Waals surface area contributed by atoms with Gasteiger partial charge >= 0.3 is 5.69 Å². The molecule has 5 nitrogen and oxygen atoms in total. The zero-order valence-corrected chi connectivity index (χ0v) is 11.6. The molecular weight excluding hydrogens is 264 g/mol. The molecule has 2 aromatic heterocycles. The summed E-state index contributed by atoms with van der Waals surface area (Å²) in [5, 5.41) is 3.44. The first kappa shape index (κ1) is 12.3. The van der Waals surface area contributed by atoms with Crippen molar-refractivity contribution in [2.75, 3.05) is 6.54 Å². The summed E-state index contributed by atoms with van der Waals surface area (Å²) in [5.41, 5.74) is 1.49. The Kier molecular flexibility index (Phi) is 2.86. The number of aromatic nitrogens is 3. The van der Waals surface area contributed by atoms with E-state index >= 15 is 0 Å². The first-order valence-electron chi connectivity index (χ1n) is 7.23. The molecule has 21 heavy (non-hydrogen) atoms. The average molecular weight is 280 g/mol. The maximum absolute atomic E-state index is 12.8. The van der Waals surface area contributed by atoms with Crippen molar-refractivity contribution in [1.82, 2.24) is 19.3 Å². The minimum Gasteiger partial charge on any atom is -0.307 e. The van der Waals surface area contributed by atoms with Crippen LogP contribution in [0.25, 0.3) is 11.3 Å². The van der Waals surface area contributed by atoms with Crippen LogP contribution >= 0.6 is 0 Å². The van der Waals surface area contributed by atoms with Gasteiger partial charge in [-0.25, -0.2) is 14.3 Å². The number of para-hydroxylation sites is 1. The summed E-state index contributed by atoms with van der Waals surface area (Å²) in [6.45, 7) is 0.974. The van der Waals surface area contributed by atoms with E-state index in [4.69, 9.17) is 4.98 Å². The zero-order valence-electron chi connectivity index (χ0n) is 11.6. The summed E-state index contributed by atoms with van der Waals surface area (Å²) >= 11 is 0. The normalized spacial score (nSPS) is 18.4. The van der Waals surface area contributed by atoms with Crippen LogP contribution in [0.4, 0.5) is 0 Å². The van der Waals surface area contributed by atoms with Gasteiger partial charge in [0.05, 0.1) is 11.7 Å². The number of nitrogens with zero attached hydrogens (tertiary/aromatic N) is 3. The lowest BCUT2D eigenvalue weighted by molar-refractivity contribution is 0.572. The Morgan fingerprint density at radius 2 is 2.00 bits per heavy atom. The molecule has 1 saturated heterocycles. The maximum Gasteiger partial charge on any atom is 0.339 e. The highest BCUT2D eigenvalue weighted by Gasteiger charge is 2.23. The van der Waals surface area contributed by atoms with E-state index < -0.39 is 0 Å². The van der Waals surface area contributed by atoms with Crippen LogP contribution in [0.1, 0.15) is 24.7 Å². The van der Waals surface area contributed by atoms with Gasteiger partial charge < -0.3 is 5.32 Å². The summed E-state index contributed by atoms with van der Waals surface area (Å²) < 4.78 is 3.31. The van der Waals surface area contributed by atoms with E-state index in [1.807, 2.05) is 42.5 Å². The smallest absolute Gasteiger partial charge is 0.307 e. The van der Waals surface area contributed by atoms with Gasteiger partial charge in [-0.2, -0.15) is 0 Å². The summed E-state index contributed by atoms with van der Waals surface area (Å²) in [5.74, 6) is 0.801. The van der Waals surface area contributed by atoms with Crippen molar-refractivity contribution >= 4 is 5.65 Å². The second-order valence-corrected chi connectivity index (χ2v) is 5.31. The maximum atomic E-state index is 12.8. The number of fused-ring (bicyclic) bond motifs is 1. The third-order valence-corrected chi connectivity index (χ3v) is 3.97. The monoisotopic (exact) mass is 280 g/mol. The second kappa shape index (κ2) is 4.86. The predicted octanol–water partition coefficient (Wildman–Crippen LogP) is 1.91. The number of nitrogens with one attached hydrogen (secondary N) is 1. The largest absolute Gasteiger partial charge is 0.339 e. The van der Waals surface area contributed by atoms with Gasteiger partial charge in [0.15, 0.2) is 0 Å². The summed E-state index contributed by atoms with van der Waals surface area (Å²) in [7, 11) is 0. The average Bonchev–Trinajstić information content (AvgIpc) is 3.19. The number of benzene rings is 1. The van der Waals surface area contributed by atoms with E-state index in [9.17, 15) is 4.79 Å². The van der Waals surface area contributed by atoms with Gasteiger partial charge in [-0.3, -0.25) is 4.40 Å². The number of hydrogen-bond donors (Lipinski definition) is 1. The van der Waals surface area contributed by atoms with Gasteiger partial charge in [-0.15, -0.1) is 0 Å². The van der Waals surface area contributed by atoms with Crippen molar-refractivity contribution in [1.29, 1.82) is 0 Å². The molecule has 0 aliphatic carbocycles.